The standard InChI is InChI=1S/C18H22ClNO2/c1-3-10-22-18-9-6-16(19)11-15(18)13-20-12-14-4-7-17(21-2)8-5-14/h4-9,11,20H,3,10,12-13H2,1-2H3. The van der Waals surface area contributed by atoms with E-state index in [4.69, 9.17) is 21.1 Å². The lowest BCUT2D eigenvalue weighted by Crippen LogP contribution is -2.13. The summed E-state index contributed by atoms with van der Waals surface area (Å²) >= 11 is 6.08. The molecule has 0 bridgehead atoms. The zero-order valence-electron chi connectivity index (χ0n) is 13.1. The van der Waals surface area contributed by atoms with Crippen LogP contribution >= 0.6 is 11.6 Å². The SMILES string of the molecule is CCCOc1ccc(Cl)cc1CNCc1ccc(OC)cc1. The molecular formula is C18H22ClNO2. The molecule has 0 aliphatic carbocycles. The van der Waals surface area contributed by atoms with Gasteiger partial charge in [-0.2, -0.15) is 0 Å². The van der Waals surface area contributed by atoms with E-state index in [9.17, 15) is 0 Å². The van der Waals surface area contributed by atoms with E-state index in [0.717, 1.165) is 35.1 Å². The van der Waals surface area contributed by atoms with Crippen molar-refractivity contribution in [1.29, 1.82) is 0 Å². The number of benzene rings is 2. The molecule has 0 unspecified atom stereocenters. The van der Waals surface area contributed by atoms with Crippen molar-refractivity contribution in [3.8, 4) is 11.5 Å². The Bertz CT molecular complexity index is 584. The van der Waals surface area contributed by atoms with Crippen LogP contribution in [-0.4, -0.2) is 13.7 Å². The van der Waals surface area contributed by atoms with Gasteiger partial charge in [0.1, 0.15) is 11.5 Å². The first-order valence-electron chi connectivity index (χ1n) is 7.47. The topological polar surface area (TPSA) is 30.5 Å². The zero-order valence-corrected chi connectivity index (χ0v) is 13.8. The van der Waals surface area contributed by atoms with E-state index in [1.807, 2.05) is 30.3 Å². The van der Waals surface area contributed by atoms with Crippen molar-refractivity contribution in [2.45, 2.75) is 26.4 Å². The molecule has 0 atom stereocenters. The van der Waals surface area contributed by atoms with Gasteiger partial charge in [-0.1, -0.05) is 30.7 Å². The van der Waals surface area contributed by atoms with E-state index in [2.05, 4.69) is 24.4 Å². The van der Waals surface area contributed by atoms with Gasteiger partial charge in [-0.25, -0.2) is 0 Å². The van der Waals surface area contributed by atoms with Gasteiger partial charge in [0.05, 0.1) is 13.7 Å². The van der Waals surface area contributed by atoms with Crippen LogP contribution in [0.4, 0.5) is 0 Å². The Labute approximate surface area is 137 Å². The minimum absolute atomic E-state index is 0.714. The Kier molecular flexibility index (Phi) is 6.56. The monoisotopic (exact) mass is 319 g/mol. The van der Waals surface area contributed by atoms with Gasteiger partial charge in [0, 0.05) is 23.7 Å². The van der Waals surface area contributed by atoms with Crippen molar-refractivity contribution in [2.75, 3.05) is 13.7 Å². The molecule has 0 radical (unpaired) electrons. The summed E-state index contributed by atoms with van der Waals surface area (Å²) in [6, 6.07) is 13.8. The van der Waals surface area contributed by atoms with Gasteiger partial charge >= 0.3 is 0 Å². The highest BCUT2D eigenvalue weighted by Crippen LogP contribution is 2.23. The molecule has 0 saturated heterocycles. The molecule has 0 aliphatic rings. The van der Waals surface area contributed by atoms with Gasteiger partial charge in [-0.05, 0) is 42.3 Å². The summed E-state index contributed by atoms with van der Waals surface area (Å²) in [7, 11) is 1.67. The highest BCUT2D eigenvalue weighted by molar-refractivity contribution is 6.30. The van der Waals surface area contributed by atoms with Crippen LogP contribution in [0.3, 0.4) is 0 Å². The summed E-state index contributed by atoms with van der Waals surface area (Å²) in [5, 5.41) is 4.15. The fraction of sp³-hybridized carbons (Fsp3) is 0.333. The second-order valence-electron chi connectivity index (χ2n) is 5.05. The Morgan fingerprint density at radius 3 is 2.50 bits per heavy atom. The minimum Gasteiger partial charge on any atom is -0.497 e. The first-order valence-corrected chi connectivity index (χ1v) is 7.85. The average molecular weight is 320 g/mol. The molecule has 0 saturated carbocycles. The second-order valence-corrected chi connectivity index (χ2v) is 5.49. The molecule has 2 rings (SSSR count). The third kappa shape index (κ3) is 4.93. The summed E-state index contributed by atoms with van der Waals surface area (Å²) in [5.41, 5.74) is 2.29. The van der Waals surface area contributed by atoms with Crippen LogP contribution in [0.5, 0.6) is 11.5 Å². The number of ether oxygens (including phenoxy) is 2. The number of hydrogen-bond donors (Lipinski definition) is 1. The van der Waals surface area contributed by atoms with Crippen molar-refractivity contribution < 1.29 is 9.47 Å². The van der Waals surface area contributed by atoms with E-state index < -0.39 is 0 Å². The Balaban J connectivity index is 1.93. The van der Waals surface area contributed by atoms with Crippen molar-refractivity contribution in [3.63, 3.8) is 0 Å². The summed E-state index contributed by atoms with van der Waals surface area (Å²) in [4.78, 5) is 0. The molecule has 0 aromatic heterocycles. The van der Waals surface area contributed by atoms with Gasteiger partial charge in [-0.3, -0.25) is 0 Å². The van der Waals surface area contributed by atoms with Crippen molar-refractivity contribution in [2.24, 2.45) is 0 Å². The smallest absolute Gasteiger partial charge is 0.123 e. The molecule has 22 heavy (non-hydrogen) atoms. The molecule has 1 N–H and O–H groups in total. The summed E-state index contributed by atoms with van der Waals surface area (Å²) in [6.07, 6.45) is 0.987. The zero-order chi connectivity index (χ0) is 15.8. The predicted molar refractivity (Wildman–Crippen MR) is 90.8 cm³/mol. The van der Waals surface area contributed by atoms with Crippen LogP contribution in [-0.2, 0) is 13.1 Å². The lowest BCUT2D eigenvalue weighted by Gasteiger charge is -2.12. The van der Waals surface area contributed by atoms with E-state index in [0.29, 0.717) is 13.2 Å². The molecular weight excluding hydrogens is 298 g/mol. The quantitative estimate of drug-likeness (QED) is 0.781. The van der Waals surface area contributed by atoms with Crippen LogP contribution in [0.25, 0.3) is 0 Å². The number of hydrogen-bond acceptors (Lipinski definition) is 3. The molecule has 2 aromatic carbocycles. The third-order valence-corrected chi connectivity index (χ3v) is 3.52. The fourth-order valence-electron chi connectivity index (χ4n) is 2.12. The summed E-state index contributed by atoms with van der Waals surface area (Å²) in [5.74, 6) is 1.77. The van der Waals surface area contributed by atoms with Crippen LogP contribution < -0.4 is 14.8 Å². The Morgan fingerprint density at radius 1 is 1.05 bits per heavy atom. The molecule has 0 heterocycles. The van der Waals surface area contributed by atoms with Crippen molar-refractivity contribution >= 4 is 11.6 Å². The molecule has 118 valence electrons. The van der Waals surface area contributed by atoms with Crippen LogP contribution in [0.15, 0.2) is 42.5 Å². The maximum atomic E-state index is 6.08. The summed E-state index contributed by atoms with van der Waals surface area (Å²) in [6.45, 7) is 4.31. The van der Waals surface area contributed by atoms with E-state index >= 15 is 0 Å². The number of halogens is 1. The highest BCUT2D eigenvalue weighted by Gasteiger charge is 2.05. The lowest BCUT2D eigenvalue weighted by molar-refractivity contribution is 0.313. The molecule has 2 aromatic rings. The first kappa shape index (κ1) is 16.7. The number of nitrogens with one attached hydrogen (secondary N) is 1. The van der Waals surface area contributed by atoms with Gasteiger partial charge in [0.15, 0.2) is 0 Å². The molecule has 4 heteroatoms. The van der Waals surface area contributed by atoms with E-state index in [1.165, 1.54) is 5.56 Å². The van der Waals surface area contributed by atoms with Gasteiger partial charge in [0.25, 0.3) is 0 Å². The minimum atomic E-state index is 0.714. The van der Waals surface area contributed by atoms with Gasteiger partial charge in [-0.15, -0.1) is 0 Å². The molecule has 3 nitrogen and oxygen atoms in total. The fourth-order valence-corrected chi connectivity index (χ4v) is 2.32. The number of methoxy groups -OCH3 is 1. The van der Waals surface area contributed by atoms with Crippen LogP contribution in [0, 0.1) is 0 Å². The normalized spacial score (nSPS) is 10.5. The van der Waals surface area contributed by atoms with Crippen LogP contribution in [0.2, 0.25) is 5.02 Å². The predicted octanol–water partition coefficient (Wildman–Crippen LogP) is 4.43. The van der Waals surface area contributed by atoms with Crippen molar-refractivity contribution in [1.82, 2.24) is 5.32 Å². The first-order chi connectivity index (χ1) is 10.7. The lowest BCUT2D eigenvalue weighted by atomic mass is 10.2. The second kappa shape index (κ2) is 8.66. The molecule has 0 amide bonds. The Morgan fingerprint density at radius 2 is 1.82 bits per heavy atom. The van der Waals surface area contributed by atoms with E-state index in [-0.39, 0.29) is 0 Å². The van der Waals surface area contributed by atoms with Gasteiger partial charge < -0.3 is 14.8 Å². The maximum absolute atomic E-state index is 6.08. The molecule has 0 spiro atoms. The Hall–Kier alpha value is -1.71. The number of rotatable bonds is 8. The maximum Gasteiger partial charge on any atom is 0.123 e. The van der Waals surface area contributed by atoms with E-state index in [1.54, 1.807) is 7.11 Å². The molecule has 0 fully saturated rings. The van der Waals surface area contributed by atoms with Gasteiger partial charge in [0.2, 0.25) is 0 Å². The van der Waals surface area contributed by atoms with Crippen LogP contribution in [0.1, 0.15) is 24.5 Å². The van der Waals surface area contributed by atoms with Crippen molar-refractivity contribution in [3.05, 3.63) is 58.6 Å². The largest absolute Gasteiger partial charge is 0.497 e. The average Bonchev–Trinajstić information content (AvgIpc) is 2.55. The third-order valence-electron chi connectivity index (χ3n) is 3.29. The summed E-state index contributed by atoms with van der Waals surface area (Å²) < 4.78 is 10.9. The highest BCUT2D eigenvalue weighted by atomic mass is 35.5. The molecule has 0 aliphatic heterocycles.